The molecule has 0 bridgehead atoms. The van der Waals surface area contributed by atoms with E-state index >= 15 is 0 Å². The summed E-state index contributed by atoms with van der Waals surface area (Å²) in [5.41, 5.74) is 0. The molecule has 9 heteroatoms. The number of alkyl halides is 3. The number of benzene rings is 1. The number of nitrogens with zero attached hydrogens (tertiary/aromatic N) is 1. The molecule has 124 valence electrons. The molecule has 1 heterocycles. The molecule has 1 aromatic rings. The van der Waals surface area contributed by atoms with E-state index < -0.39 is 33.1 Å². The fourth-order valence-corrected chi connectivity index (χ4v) is 4.01. The molecule has 0 spiro atoms. The van der Waals surface area contributed by atoms with Gasteiger partial charge in [0.1, 0.15) is 10.6 Å². The van der Waals surface area contributed by atoms with Gasteiger partial charge in [0.2, 0.25) is 10.0 Å². The zero-order valence-electron chi connectivity index (χ0n) is 12.0. The van der Waals surface area contributed by atoms with E-state index in [9.17, 15) is 21.6 Å². The standard InChI is InChI=1S/C13H16F3NO4S/c1-9-8-20-10(2)7-17(9)22(18,19)12-6-4-3-5-11(12)21-13(14,15)16/h3-6,9-10H,7-8H2,1-2H3/t9-,10-/m0/s1. The number of rotatable bonds is 3. The minimum absolute atomic E-state index is 0.0733. The summed E-state index contributed by atoms with van der Waals surface area (Å²) in [7, 11) is -4.12. The van der Waals surface area contributed by atoms with E-state index in [4.69, 9.17) is 4.74 Å². The molecule has 0 saturated carbocycles. The maximum absolute atomic E-state index is 12.7. The summed E-state index contributed by atoms with van der Waals surface area (Å²) >= 11 is 0. The molecule has 0 N–H and O–H groups in total. The summed E-state index contributed by atoms with van der Waals surface area (Å²) in [6.07, 6.45) is -5.29. The van der Waals surface area contributed by atoms with E-state index in [1.807, 2.05) is 0 Å². The van der Waals surface area contributed by atoms with E-state index in [1.54, 1.807) is 13.8 Å². The molecule has 22 heavy (non-hydrogen) atoms. The van der Waals surface area contributed by atoms with E-state index in [0.29, 0.717) is 0 Å². The highest BCUT2D eigenvalue weighted by molar-refractivity contribution is 7.89. The van der Waals surface area contributed by atoms with Gasteiger partial charge in [-0.2, -0.15) is 4.31 Å². The van der Waals surface area contributed by atoms with Crippen LogP contribution in [-0.4, -0.2) is 44.4 Å². The lowest BCUT2D eigenvalue weighted by Crippen LogP contribution is -2.50. The van der Waals surface area contributed by atoms with Crippen LogP contribution in [0.1, 0.15) is 13.8 Å². The van der Waals surface area contributed by atoms with Crippen LogP contribution in [0.3, 0.4) is 0 Å². The maximum atomic E-state index is 12.7. The number of halogens is 3. The molecule has 0 aromatic heterocycles. The van der Waals surface area contributed by atoms with E-state index in [2.05, 4.69) is 4.74 Å². The summed E-state index contributed by atoms with van der Waals surface area (Å²) in [5, 5.41) is 0. The first-order valence-corrected chi connectivity index (χ1v) is 8.03. The van der Waals surface area contributed by atoms with E-state index in [-0.39, 0.29) is 19.3 Å². The van der Waals surface area contributed by atoms with Gasteiger partial charge in [0.05, 0.1) is 12.7 Å². The van der Waals surface area contributed by atoms with Gasteiger partial charge >= 0.3 is 6.36 Å². The van der Waals surface area contributed by atoms with Crippen LogP contribution in [0.25, 0.3) is 0 Å². The molecule has 1 aliphatic heterocycles. The molecule has 0 unspecified atom stereocenters. The summed E-state index contributed by atoms with van der Waals surface area (Å²) in [4.78, 5) is -0.506. The number of sulfonamides is 1. The van der Waals surface area contributed by atoms with Crippen LogP contribution in [0.2, 0.25) is 0 Å². The second-order valence-electron chi connectivity index (χ2n) is 5.06. The average Bonchev–Trinajstić information content (AvgIpc) is 2.40. The third-order valence-electron chi connectivity index (χ3n) is 3.21. The highest BCUT2D eigenvalue weighted by atomic mass is 32.2. The van der Waals surface area contributed by atoms with Crippen LogP contribution in [0.5, 0.6) is 5.75 Å². The van der Waals surface area contributed by atoms with Crippen molar-refractivity contribution in [2.24, 2.45) is 0 Å². The monoisotopic (exact) mass is 339 g/mol. The van der Waals surface area contributed by atoms with Gasteiger partial charge in [-0.25, -0.2) is 8.42 Å². The SMILES string of the molecule is C[C@H]1CN(S(=O)(=O)c2ccccc2OC(F)(F)F)[C@@H](C)CO1. The average molecular weight is 339 g/mol. The molecule has 2 atom stereocenters. The van der Waals surface area contributed by atoms with Crippen molar-refractivity contribution in [2.45, 2.75) is 37.3 Å². The number of hydrogen-bond acceptors (Lipinski definition) is 4. The molecule has 1 fully saturated rings. The van der Waals surface area contributed by atoms with Gasteiger partial charge in [0, 0.05) is 12.6 Å². The first-order valence-electron chi connectivity index (χ1n) is 6.59. The second kappa shape index (κ2) is 6.05. The van der Waals surface area contributed by atoms with Gasteiger partial charge < -0.3 is 9.47 Å². The van der Waals surface area contributed by atoms with Crippen LogP contribution >= 0.6 is 0 Å². The second-order valence-corrected chi connectivity index (χ2v) is 6.92. The molecule has 0 radical (unpaired) electrons. The topological polar surface area (TPSA) is 55.8 Å². The van der Waals surface area contributed by atoms with Crippen molar-refractivity contribution in [3.8, 4) is 5.75 Å². The van der Waals surface area contributed by atoms with Crippen molar-refractivity contribution in [1.82, 2.24) is 4.31 Å². The Hall–Kier alpha value is -1.32. The van der Waals surface area contributed by atoms with E-state index in [1.165, 1.54) is 12.1 Å². The lowest BCUT2D eigenvalue weighted by molar-refractivity contribution is -0.275. The highest BCUT2D eigenvalue weighted by Gasteiger charge is 2.38. The Morgan fingerprint density at radius 1 is 1.27 bits per heavy atom. The van der Waals surface area contributed by atoms with Crippen LogP contribution < -0.4 is 4.74 Å². The van der Waals surface area contributed by atoms with Crippen molar-refractivity contribution in [1.29, 1.82) is 0 Å². The highest BCUT2D eigenvalue weighted by Crippen LogP contribution is 2.32. The minimum atomic E-state index is -4.96. The van der Waals surface area contributed by atoms with Crippen LogP contribution in [0.15, 0.2) is 29.2 Å². The van der Waals surface area contributed by atoms with Crippen molar-refractivity contribution >= 4 is 10.0 Å². The predicted molar refractivity (Wildman–Crippen MR) is 71.9 cm³/mol. The molecule has 1 aromatic carbocycles. The third-order valence-corrected chi connectivity index (χ3v) is 5.23. The lowest BCUT2D eigenvalue weighted by atomic mass is 10.2. The number of ether oxygens (including phenoxy) is 2. The van der Waals surface area contributed by atoms with Crippen LogP contribution in [0.4, 0.5) is 13.2 Å². The summed E-state index contributed by atoms with van der Waals surface area (Å²) in [5.74, 6) is -0.735. The first-order chi connectivity index (χ1) is 10.1. The molecule has 0 aliphatic carbocycles. The molecule has 0 amide bonds. The molecule has 2 rings (SSSR count). The third kappa shape index (κ3) is 3.71. The first kappa shape index (κ1) is 17.0. The Balaban J connectivity index is 2.41. The Kier molecular flexibility index (Phi) is 4.69. The Bertz CT molecular complexity index is 632. The van der Waals surface area contributed by atoms with Gasteiger partial charge in [-0.05, 0) is 26.0 Å². The van der Waals surface area contributed by atoms with Crippen molar-refractivity contribution in [3.05, 3.63) is 24.3 Å². The number of morpholine rings is 1. The fraction of sp³-hybridized carbons (Fsp3) is 0.538. The largest absolute Gasteiger partial charge is 0.573 e. The Morgan fingerprint density at radius 3 is 2.55 bits per heavy atom. The fourth-order valence-electron chi connectivity index (χ4n) is 2.21. The Labute approximate surface area is 126 Å². The number of hydrogen-bond donors (Lipinski definition) is 0. The zero-order chi connectivity index (χ0) is 16.5. The van der Waals surface area contributed by atoms with Crippen molar-refractivity contribution < 1.29 is 31.1 Å². The van der Waals surface area contributed by atoms with Gasteiger partial charge in [-0.1, -0.05) is 12.1 Å². The maximum Gasteiger partial charge on any atom is 0.573 e. The molecule has 1 aliphatic rings. The predicted octanol–water partition coefficient (Wildman–Crippen LogP) is 2.38. The van der Waals surface area contributed by atoms with Crippen LogP contribution in [0, 0.1) is 0 Å². The van der Waals surface area contributed by atoms with E-state index in [0.717, 1.165) is 16.4 Å². The van der Waals surface area contributed by atoms with Gasteiger partial charge in [-0.15, -0.1) is 13.2 Å². The lowest BCUT2D eigenvalue weighted by Gasteiger charge is -2.35. The smallest absolute Gasteiger partial charge is 0.404 e. The Morgan fingerprint density at radius 2 is 1.91 bits per heavy atom. The van der Waals surface area contributed by atoms with Crippen molar-refractivity contribution in [2.75, 3.05) is 13.2 Å². The van der Waals surface area contributed by atoms with Gasteiger partial charge in [-0.3, -0.25) is 0 Å². The quantitative estimate of drug-likeness (QED) is 0.848. The molecule has 1 saturated heterocycles. The zero-order valence-corrected chi connectivity index (χ0v) is 12.8. The molecular formula is C13H16F3NO4S. The van der Waals surface area contributed by atoms with Crippen molar-refractivity contribution in [3.63, 3.8) is 0 Å². The van der Waals surface area contributed by atoms with Gasteiger partial charge in [0.15, 0.2) is 0 Å². The molecule has 5 nitrogen and oxygen atoms in total. The van der Waals surface area contributed by atoms with Crippen LogP contribution in [-0.2, 0) is 14.8 Å². The summed E-state index contributed by atoms with van der Waals surface area (Å²) in [6, 6.07) is 4.24. The summed E-state index contributed by atoms with van der Waals surface area (Å²) < 4.78 is 73.0. The molecular weight excluding hydrogens is 323 g/mol. The summed E-state index contributed by atoms with van der Waals surface area (Å²) in [6.45, 7) is 3.59. The van der Waals surface area contributed by atoms with Gasteiger partial charge in [0.25, 0.3) is 0 Å². The minimum Gasteiger partial charge on any atom is -0.404 e. The number of para-hydroxylation sites is 1. The normalized spacial score (nSPS) is 24.2.